The molecule has 0 amide bonds. The standard InChI is InChI=1S/C21H30O4/c1-12(22)25-19-7-6-16-15-5-4-13-10-14(23)11-18(24)21(13,3)17(15)8-9-20(16,19)2/h10,15-19,24H,4-9,11H2,1-3H3/t15-,16-,17-,18+,19-,20-,21-/m0/s1. The van der Waals surface area contributed by atoms with Crippen molar-refractivity contribution in [2.24, 2.45) is 28.6 Å². The molecule has 0 aliphatic heterocycles. The molecule has 0 unspecified atom stereocenters. The quantitative estimate of drug-likeness (QED) is 0.739. The monoisotopic (exact) mass is 346 g/mol. The van der Waals surface area contributed by atoms with Gasteiger partial charge in [-0.25, -0.2) is 0 Å². The smallest absolute Gasteiger partial charge is 0.302 e. The van der Waals surface area contributed by atoms with Crippen LogP contribution >= 0.6 is 0 Å². The van der Waals surface area contributed by atoms with Crippen LogP contribution in [0.4, 0.5) is 0 Å². The Morgan fingerprint density at radius 1 is 1.20 bits per heavy atom. The van der Waals surface area contributed by atoms with Crippen LogP contribution in [0.25, 0.3) is 0 Å². The fraction of sp³-hybridized carbons (Fsp3) is 0.810. The summed E-state index contributed by atoms with van der Waals surface area (Å²) in [6, 6.07) is 0. The van der Waals surface area contributed by atoms with Crippen LogP contribution in [0.5, 0.6) is 0 Å². The zero-order valence-corrected chi connectivity index (χ0v) is 15.6. The van der Waals surface area contributed by atoms with Gasteiger partial charge in [-0.05, 0) is 62.4 Å². The molecule has 0 aromatic carbocycles. The molecule has 1 N–H and O–H groups in total. The third-order valence-electron chi connectivity index (χ3n) is 8.29. The highest BCUT2D eigenvalue weighted by Crippen LogP contribution is 2.65. The van der Waals surface area contributed by atoms with E-state index in [1.54, 1.807) is 0 Å². The number of hydrogen-bond acceptors (Lipinski definition) is 4. The van der Waals surface area contributed by atoms with E-state index in [1.807, 2.05) is 6.08 Å². The molecule has 0 saturated heterocycles. The topological polar surface area (TPSA) is 63.6 Å². The Morgan fingerprint density at radius 3 is 2.68 bits per heavy atom. The molecule has 0 bridgehead atoms. The number of aliphatic hydroxyl groups is 1. The van der Waals surface area contributed by atoms with E-state index in [0.29, 0.717) is 17.8 Å². The molecule has 25 heavy (non-hydrogen) atoms. The summed E-state index contributed by atoms with van der Waals surface area (Å²) >= 11 is 0. The van der Waals surface area contributed by atoms with Crippen molar-refractivity contribution in [1.82, 2.24) is 0 Å². The predicted molar refractivity (Wildman–Crippen MR) is 93.7 cm³/mol. The van der Waals surface area contributed by atoms with E-state index in [1.165, 1.54) is 12.5 Å². The Hall–Kier alpha value is -1.16. The van der Waals surface area contributed by atoms with Crippen molar-refractivity contribution in [2.45, 2.75) is 77.9 Å². The van der Waals surface area contributed by atoms with Crippen molar-refractivity contribution in [3.63, 3.8) is 0 Å². The van der Waals surface area contributed by atoms with Crippen molar-refractivity contribution in [2.75, 3.05) is 0 Å². The first-order valence-electron chi connectivity index (χ1n) is 9.86. The molecule has 0 radical (unpaired) electrons. The maximum Gasteiger partial charge on any atom is 0.302 e. The summed E-state index contributed by atoms with van der Waals surface area (Å²) in [5, 5.41) is 10.8. The maximum absolute atomic E-state index is 11.9. The van der Waals surface area contributed by atoms with Crippen LogP contribution in [-0.2, 0) is 14.3 Å². The highest BCUT2D eigenvalue weighted by atomic mass is 16.5. The van der Waals surface area contributed by atoms with Crippen LogP contribution in [0.3, 0.4) is 0 Å². The van der Waals surface area contributed by atoms with Gasteiger partial charge in [0.25, 0.3) is 0 Å². The molecule has 4 nitrogen and oxygen atoms in total. The van der Waals surface area contributed by atoms with Gasteiger partial charge >= 0.3 is 5.97 Å². The summed E-state index contributed by atoms with van der Waals surface area (Å²) in [7, 11) is 0. The first-order valence-corrected chi connectivity index (χ1v) is 9.86. The number of ketones is 1. The third-order valence-corrected chi connectivity index (χ3v) is 8.29. The summed E-state index contributed by atoms with van der Waals surface area (Å²) in [4.78, 5) is 23.4. The Labute approximate surface area is 150 Å². The lowest BCUT2D eigenvalue weighted by Gasteiger charge is -2.58. The third kappa shape index (κ3) is 2.36. The van der Waals surface area contributed by atoms with Gasteiger partial charge < -0.3 is 9.84 Å². The number of ether oxygens (including phenoxy) is 1. The molecule has 3 saturated carbocycles. The lowest BCUT2D eigenvalue weighted by molar-refractivity contribution is -0.159. The van der Waals surface area contributed by atoms with Crippen LogP contribution in [0.15, 0.2) is 11.6 Å². The van der Waals surface area contributed by atoms with E-state index in [-0.39, 0.29) is 35.1 Å². The predicted octanol–water partition coefficient (Wildman–Crippen LogP) is 3.42. The minimum Gasteiger partial charge on any atom is -0.462 e. The number of aliphatic hydroxyl groups excluding tert-OH is 1. The van der Waals surface area contributed by atoms with E-state index < -0.39 is 6.10 Å². The SMILES string of the molecule is CC(=O)O[C@H]1CC[C@H]2[C@@H]3CCC4=CC(=O)C[C@@H](O)[C@]4(C)[C@H]3CC[C@]12C. The van der Waals surface area contributed by atoms with E-state index in [0.717, 1.165) is 38.5 Å². The fourth-order valence-electron chi connectivity index (χ4n) is 6.95. The van der Waals surface area contributed by atoms with Crippen molar-refractivity contribution < 1.29 is 19.4 Å². The average molecular weight is 346 g/mol. The second-order valence-corrected chi connectivity index (χ2v) is 9.27. The van der Waals surface area contributed by atoms with Gasteiger partial charge in [0, 0.05) is 24.2 Å². The summed E-state index contributed by atoms with van der Waals surface area (Å²) in [5.41, 5.74) is 0.994. The fourth-order valence-corrected chi connectivity index (χ4v) is 6.95. The van der Waals surface area contributed by atoms with Crippen LogP contribution < -0.4 is 0 Å². The van der Waals surface area contributed by atoms with E-state index in [2.05, 4.69) is 13.8 Å². The second kappa shape index (κ2) is 5.67. The normalized spacial score (nSPS) is 48.9. The summed E-state index contributed by atoms with van der Waals surface area (Å²) in [5.74, 6) is 1.46. The van der Waals surface area contributed by atoms with Crippen LogP contribution in [0.1, 0.15) is 65.7 Å². The molecule has 7 atom stereocenters. The average Bonchev–Trinajstić information content (AvgIpc) is 2.85. The Balaban J connectivity index is 1.65. The van der Waals surface area contributed by atoms with Gasteiger partial charge in [-0.3, -0.25) is 9.59 Å². The van der Waals surface area contributed by atoms with Crippen LogP contribution in [0, 0.1) is 28.6 Å². The molecular formula is C21H30O4. The van der Waals surface area contributed by atoms with Gasteiger partial charge in [0.2, 0.25) is 0 Å². The zero-order valence-electron chi connectivity index (χ0n) is 15.6. The van der Waals surface area contributed by atoms with Gasteiger partial charge in [-0.15, -0.1) is 0 Å². The molecule has 0 spiro atoms. The number of carbonyl (C=O) groups is 2. The number of carbonyl (C=O) groups excluding carboxylic acids is 2. The zero-order chi connectivity index (χ0) is 18.0. The molecule has 4 rings (SSSR count). The molecule has 0 heterocycles. The minimum atomic E-state index is -0.553. The van der Waals surface area contributed by atoms with E-state index in [9.17, 15) is 14.7 Å². The minimum absolute atomic E-state index is 0.0403. The van der Waals surface area contributed by atoms with E-state index in [4.69, 9.17) is 4.74 Å². The Bertz CT molecular complexity index is 638. The molecule has 4 aliphatic carbocycles. The van der Waals surface area contributed by atoms with Gasteiger partial charge in [-0.1, -0.05) is 19.4 Å². The summed E-state index contributed by atoms with van der Waals surface area (Å²) in [6.07, 6.45) is 7.76. The molecule has 0 aromatic rings. The molecule has 4 aliphatic rings. The first kappa shape index (κ1) is 17.3. The molecule has 4 heteroatoms. The van der Waals surface area contributed by atoms with Gasteiger partial charge in [0.1, 0.15) is 6.10 Å². The highest BCUT2D eigenvalue weighted by molar-refractivity contribution is 5.92. The molecule has 138 valence electrons. The summed E-state index contributed by atoms with van der Waals surface area (Å²) in [6.45, 7) is 6.01. The number of hydrogen-bond donors (Lipinski definition) is 1. The van der Waals surface area contributed by atoms with Crippen LogP contribution in [-0.4, -0.2) is 29.1 Å². The summed E-state index contributed by atoms with van der Waals surface area (Å²) < 4.78 is 5.69. The number of esters is 1. The first-order chi connectivity index (χ1) is 11.8. The van der Waals surface area contributed by atoms with E-state index >= 15 is 0 Å². The van der Waals surface area contributed by atoms with Crippen molar-refractivity contribution in [1.29, 1.82) is 0 Å². The molecule has 3 fully saturated rings. The maximum atomic E-state index is 11.9. The Kier molecular flexibility index (Phi) is 3.91. The highest BCUT2D eigenvalue weighted by Gasteiger charge is 2.61. The van der Waals surface area contributed by atoms with Crippen molar-refractivity contribution in [3.8, 4) is 0 Å². The Morgan fingerprint density at radius 2 is 1.96 bits per heavy atom. The van der Waals surface area contributed by atoms with Gasteiger partial charge in [0.15, 0.2) is 5.78 Å². The number of rotatable bonds is 1. The second-order valence-electron chi connectivity index (χ2n) is 9.27. The lowest BCUT2D eigenvalue weighted by Crippen LogP contribution is -2.55. The van der Waals surface area contributed by atoms with Gasteiger partial charge in [0.05, 0.1) is 6.10 Å². The van der Waals surface area contributed by atoms with Crippen LogP contribution in [0.2, 0.25) is 0 Å². The lowest BCUT2D eigenvalue weighted by atomic mass is 9.46. The largest absolute Gasteiger partial charge is 0.462 e. The van der Waals surface area contributed by atoms with Crippen molar-refractivity contribution >= 4 is 11.8 Å². The van der Waals surface area contributed by atoms with Crippen molar-refractivity contribution in [3.05, 3.63) is 11.6 Å². The molecule has 0 aromatic heterocycles. The number of fused-ring (bicyclic) bond motifs is 5. The molecular weight excluding hydrogens is 316 g/mol. The van der Waals surface area contributed by atoms with Gasteiger partial charge in [-0.2, -0.15) is 0 Å².